The third-order valence-electron chi connectivity index (χ3n) is 4.24. The van der Waals surface area contributed by atoms with Crippen LogP contribution in [0.4, 0.5) is 0 Å². The lowest BCUT2D eigenvalue weighted by Crippen LogP contribution is -2.53. The Hall–Kier alpha value is -0.570. The van der Waals surface area contributed by atoms with Crippen LogP contribution in [0, 0.1) is 5.92 Å². The zero-order valence-electron chi connectivity index (χ0n) is 11.0. The van der Waals surface area contributed by atoms with E-state index in [1.807, 2.05) is 6.92 Å². The number of hydrogen-bond acceptors (Lipinski definition) is 3. The van der Waals surface area contributed by atoms with E-state index in [4.69, 9.17) is 4.74 Å². The zero-order valence-corrected chi connectivity index (χ0v) is 11.0. The maximum Gasteiger partial charge on any atom is 0.326 e. The second-order valence-corrected chi connectivity index (χ2v) is 5.82. The second-order valence-electron chi connectivity index (χ2n) is 5.82. The highest BCUT2D eigenvalue weighted by Gasteiger charge is 2.36. The molecule has 17 heavy (non-hydrogen) atoms. The third kappa shape index (κ3) is 3.44. The van der Waals surface area contributed by atoms with Gasteiger partial charge < -0.3 is 10.1 Å². The maximum absolute atomic E-state index is 12.1. The summed E-state index contributed by atoms with van der Waals surface area (Å²) in [6.07, 6.45) is 9.64. The first kappa shape index (κ1) is 12.9. The van der Waals surface area contributed by atoms with Gasteiger partial charge in [0.1, 0.15) is 5.54 Å². The molecular formula is C14H25NO2. The SMILES string of the molecule is CC1(C(=O)OCC2CCCCC2)CCCCN1. The van der Waals surface area contributed by atoms with Gasteiger partial charge in [-0.15, -0.1) is 0 Å². The van der Waals surface area contributed by atoms with Gasteiger partial charge in [-0.05, 0) is 51.5 Å². The van der Waals surface area contributed by atoms with Gasteiger partial charge in [-0.25, -0.2) is 0 Å². The van der Waals surface area contributed by atoms with Crippen molar-refractivity contribution in [2.45, 2.75) is 63.8 Å². The number of hydrogen-bond donors (Lipinski definition) is 1. The van der Waals surface area contributed by atoms with Gasteiger partial charge in [-0.2, -0.15) is 0 Å². The van der Waals surface area contributed by atoms with Gasteiger partial charge in [0.15, 0.2) is 0 Å². The molecule has 2 fully saturated rings. The summed E-state index contributed by atoms with van der Waals surface area (Å²) >= 11 is 0. The van der Waals surface area contributed by atoms with Crippen LogP contribution in [-0.4, -0.2) is 24.7 Å². The number of rotatable bonds is 3. The Kier molecular flexibility index (Phi) is 4.43. The van der Waals surface area contributed by atoms with E-state index in [0.717, 1.165) is 19.4 Å². The van der Waals surface area contributed by atoms with Gasteiger partial charge in [0.25, 0.3) is 0 Å². The van der Waals surface area contributed by atoms with Gasteiger partial charge in [0, 0.05) is 0 Å². The van der Waals surface area contributed by atoms with Gasteiger partial charge in [-0.1, -0.05) is 19.3 Å². The predicted molar refractivity (Wildman–Crippen MR) is 67.8 cm³/mol. The maximum atomic E-state index is 12.1. The quantitative estimate of drug-likeness (QED) is 0.769. The minimum atomic E-state index is -0.424. The molecule has 1 aliphatic heterocycles. The van der Waals surface area contributed by atoms with Crippen LogP contribution in [0.3, 0.4) is 0 Å². The molecule has 98 valence electrons. The lowest BCUT2D eigenvalue weighted by Gasteiger charge is -2.33. The van der Waals surface area contributed by atoms with Crippen molar-refractivity contribution in [3.8, 4) is 0 Å². The molecule has 0 aromatic rings. The van der Waals surface area contributed by atoms with Gasteiger partial charge in [-0.3, -0.25) is 4.79 Å². The van der Waals surface area contributed by atoms with Crippen molar-refractivity contribution in [3.63, 3.8) is 0 Å². The van der Waals surface area contributed by atoms with Crippen LogP contribution in [-0.2, 0) is 9.53 Å². The monoisotopic (exact) mass is 239 g/mol. The molecule has 1 saturated carbocycles. The first-order valence-electron chi connectivity index (χ1n) is 7.13. The Bertz CT molecular complexity index is 253. The molecule has 1 aliphatic carbocycles. The summed E-state index contributed by atoms with van der Waals surface area (Å²) < 4.78 is 5.52. The van der Waals surface area contributed by atoms with Gasteiger partial charge >= 0.3 is 5.97 Å². The summed E-state index contributed by atoms with van der Waals surface area (Å²) in [5.74, 6) is 0.572. The number of nitrogens with one attached hydrogen (secondary N) is 1. The zero-order chi connectivity index (χ0) is 12.1. The van der Waals surface area contributed by atoms with E-state index in [1.165, 1.54) is 38.5 Å². The van der Waals surface area contributed by atoms with Crippen molar-refractivity contribution in [1.29, 1.82) is 0 Å². The van der Waals surface area contributed by atoms with Crippen LogP contribution in [0.1, 0.15) is 58.3 Å². The molecule has 1 saturated heterocycles. The second kappa shape index (κ2) is 5.85. The Morgan fingerprint density at radius 3 is 2.65 bits per heavy atom. The third-order valence-corrected chi connectivity index (χ3v) is 4.24. The van der Waals surface area contributed by atoms with Gasteiger partial charge in [0.05, 0.1) is 6.61 Å². The Morgan fingerprint density at radius 1 is 1.24 bits per heavy atom. The number of carbonyl (C=O) groups excluding carboxylic acids is 1. The van der Waals surface area contributed by atoms with E-state index in [-0.39, 0.29) is 5.97 Å². The molecule has 0 radical (unpaired) electrons. The summed E-state index contributed by atoms with van der Waals surface area (Å²) in [7, 11) is 0. The van der Waals surface area contributed by atoms with E-state index in [2.05, 4.69) is 5.32 Å². The molecule has 1 heterocycles. The molecule has 3 nitrogen and oxygen atoms in total. The molecule has 1 N–H and O–H groups in total. The van der Waals surface area contributed by atoms with E-state index in [9.17, 15) is 4.79 Å². The fourth-order valence-corrected chi connectivity index (χ4v) is 2.94. The highest BCUT2D eigenvalue weighted by molar-refractivity contribution is 5.80. The van der Waals surface area contributed by atoms with E-state index in [1.54, 1.807) is 0 Å². The van der Waals surface area contributed by atoms with E-state index >= 15 is 0 Å². The molecule has 0 aromatic heterocycles. The fraction of sp³-hybridized carbons (Fsp3) is 0.929. The van der Waals surface area contributed by atoms with Crippen molar-refractivity contribution in [3.05, 3.63) is 0 Å². The molecule has 1 unspecified atom stereocenters. The molecule has 2 aliphatic rings. The molecule has 1 atom stereocenters. The Balaban J connectivity index is 1.75. The van der Waals surface area contributed by atoms with Crippen molar-refractivity contribution in [1.82, 2.24) is 5.32 Å². The summed E-state index contributed by atoms with van der Waals surface area (Å²) in [4.78, 5) is 12.1. The lowest BCUT2D eigenvalue weighted by atomic mass is 9.89. The van der Waals surface area contributed by atoms with Crippen LogP contribution in [0.2, 0.25) is 0 Å². The first-order chi connectivity index (χ1) is 8.21. The summed E-state index contributed by atoms with van der Waals surface area (Å²) in [5, 5.41) is 3.31. The standard InChI is InChI=1S/C14H25NO2/c1-14(9-5-6-10-15-14)13(16)17-11-12-7-3-2-4-8-12/h12,15H,2-11H2,1H3. The van der Waals surface area contributed by atoms with E-state index < -0.39 is 5.54 Å². The number of carbonyl (C=O) groups is 1. The minimum Gasteiger partial charge on any atom is -0.464 e. The van der Waals surface area contributed by atoms with Crippen LogP contribution < -0.4 is 5.32 Å². The molecule has 0 aromatic carbocycles. The Labute approximate surface area is 104 Å². The predicted octanol–water partition coefficient (Wildman–Crippen LogP) is 2.64. The molecule has 0 bridgehead atoms. The summed E-state index contributed by atoms with van der Waals surface area (Å²) in [5.41, 5.74) is -0.424. The highest BCUT2D eigenvalue weighted by atomic mass is 16.5. The molecule has 2 rings (SSSR count). The highest BCUT2D eigenvalue weighted by Crippen LogP contribution is 2.25. The molecule has 0 spiro atoms. The Morgan fingerprint density at radius 2 is 2.00 bits per heavy atom. The van der Waals surface area contributed by atoms with E-state index in [0.29, 0.717) is 12.5 Å². The first-order valence-corrected chi connectivity index (χ1v) is 7.13. The topological polar surface area (TPSA) is 38.3 Å². The number of ether oxygens (including phenoxy) is 1. The lowest BCUT2D eigenvalue weighted by molar-refractivity contribution is -0.153. The van der Waals surface area contributed by atoms with Crippen molar-refractivity contribution in [2.75, 3.05) is 13.2 Å². The van der Waals surface area contributed by atoms with Crippen molar-refractivity contribution in [2.24, 2.45) is 5.92 Å². The number of piperidine rings is 1. The number of esters is 1. The molecular weight excluding hydrogens is 214 g/mol. The van der Waals surface area contributed by atoms with Crippen LogP contribution in [0.25, 0.3) is 0 Å². The smallest absolute Gasteiger partial charge is 0.326 e. The van der Waals surface area contributed by atoms with Crippen molar-refractivity contribution < 1.29 is 9.53 Å². The van der Waals surface area contributed by atoms with Crippen LogP contribution in [0.15, 0.2) is 0 Å². The van der Waals surface area contributed by atoms with Crippen molar-refractivity contribution >= 4 is 5.97 Å². The average Bonchev–Trinajstić information content (AvgIpc) is 2.38. The minimum absolute atomic E-state index is 0.0391. The average molecular weight is 239 g/mol. The summed E-state index contributed by atoms with van der Waals surface area (Å²) in [6.45, 7) is 3.56. The molecule has 3 heteroatoms. The van der Waals surface area contributed by atoms with Crippen LogP contribution >= 0.6 is 0 Å². The fourth-order valence-electron chi connectivity index (χ4n) is 2.94. The largest absolute Gasteiger partial charge is 0.464 e. The summed E-state index contributed by atoms with van der Waals surface area (Å²) in [6, 6.07) is 0. The van der Waals surface area contributed by atoms with Crippen LogP contribution in [0.5, 0.6) is 0 Å². The normalized spacial score (nSPS) is 31.1. The molecule has 0 amide bonds. The van der Waals surface area contributed by atoms with Gasteiger partial charge in [0.2, 0.25) is 0 Å².